The highest BCUT2D eigenvalue weighted by Crippen LogP contribution is 2.16. The van der Waals surface area contributed by atoms with E-state index in [2.05, 4.69) is 4.74 Å². The normalized spacial score (nSPS) is 9.18. The van der Waals surface area contributed by atoms with E-state index in [0.717, 1.165) is 0 Å². The monoisotopic (exact) mass is 304 g/mol. The summed E-state index contributed by atoms with van der Waals surface area (Å²) < 4.78 is 9.27. The molecular weight excluding hydrogens is 288 g/mol. The molecule has 2 N–H and O–H groups in total. The van der Waals surface area contributed by atoms with Crippen molar-refractivity contribution in [3.8, 4) is 11.5 Å². The molecular formula is C16H16O6. The molecule has 2 aromatic carbocycles. The number of carbonyl (C=O) groups excluding carboxylic acids is 1. The van der Waals surface area contributed by atoms with Crippen molar-refractivity contribution in [2.24, 2.45) is 0 Å². The molecule has 0 fully saturated rings. The second kappa shape index (κ2) is 8.31. The highest BCUT2D eigenvalue weighted by atomic mass is 16.5. The van der Waals surface area contributed by atoms with Crippen molar-refractivity contribution < 1.29 is 29.3 Å². The Morgan fingerprint density at radius 3 is 2.18 bits per heavy atom. The van der Waals surface area contributed by atoms with Crippen LogP contribution in [0.15, 0.2) is 48.5 Å². The largest absolute Gasteiger partial charge is 0.508 e. The van der Waals surface area contributed by atoms with Crippen molar-refractivity contribution in [2.75, 3.05) is 14.2 Å². The Morgan fingerprint density at radius 1 is 1.00 bits per heavy atom. The lowest BCUT2D eigenvalue weighted by atomic mass is 10.2. The molecule has 0 aliphatic carbocycles. The van der Waals surface area contributed by atoms with Crippen molar-refractivity contribution in [1.29, 1.82) is 0 Å². The number of ether oxygens (including phenoxy) is 2. The summed E-state index contributed by atoms with van der Waals surface area (Å²) in [4.78, 5) is 21.3. The number of hydrogen-bond acceptors (Lipinski definition) is 5. The van der Waals surface area contributed by atoms with Crippen LogP contribution < -0.4 is 4.74 Å². The van der Waals surface area contributed by atoms with Gasteiger partial charge in [0.2, 0.25) is 0 Å². The van der Waals surface area contributed by atoms with E-state index >= 15 is 0 Å². The fourth-order valence-corrected chi connectivity index (χ4v) is 1.57. The predicted octanol–water partition coefficient (Wildman–Crippen LogP) is 2.57. The molecule has 0 bridgehead atoms. The average molecular weight is 304 g/mol. The van der Waals surface area contributed by atoms with Crippen molar-refractivity contribution in [2.45, 2.75) is 0 Å². The Labute approximate surface area is 127 Å². The minimum Gasteiger partial charge on any atom is -0.508 e. The summed E-state index contributed by atoms with van der Waals surface area (Å²) in [6, 6.07) is 12.5. The van der Waals surface area contributed by atoms with E-state index in [1.807, 2.05) is 0 Å². The molecule has 116 valence electrons. The zero-order valence-electron chi connectivity index (χ0n) is 12.1. The smallest absolute Gasteiger partial charge is 0.339 e. The number of carboxylic acid groups (broad SMARTS) is 1. The highest BCUT2D eigenvalue weighted by molar-refractivity contribution is 5.90. The molecule has 6 heteroatoms. The number of carbonyl (C=O) groups is 2. The summed E-state index contributed by atoms with van der Waals surface area (Å²) in [7, 11) is 2.74. The minimum atomic E-state index is -0.970. The number of aromatic hydroxyl groups is 1. The van der Waals surface area contributed by atoms with Gasteiger partial charge in [-0.1, -0.05) is 18.2 Å². The van der Waals surface area contributed by atoms with Gasteiger partial charge in [0.25, 0.3) is 0 Å². The van der Waals surface area contributed by atoms with E-state index < -0.39 is 11.9 Å². The number of phenolic OH excluding ortho intramolecular Hbond substituents is 1. The van der Waals surface area contributed by atoms with E-state index in [9.17, 15) is 9.59 Å². The molecule has 0 atom stereocenters. The summed E-state index contributed by atoms with van der Waals surface area (Å²) in [6.45, 7) is 0. The van der Waals surface area contributed by atoms with Crippen LogP contribution in [0.25, 0.3) is 0 Å². The number of esters is 1. The lowest BCUT2D eigenvalue weighted by Gasteiger charge is -2.01. The Bertz CT molecular complexity index is 651. The third kappa shape index (κ3) is 4.82. The van der Waals surface area contributed by atoms with Gasteiger partial charge in [0.15, 0.2) is 0 Å². The number of rotatable bonds is 3. The topological polar surface area (TPSA) is 93.1 Å². The van der Waals surface area contributed by atoms with Crippen LogP contribution in [0.2, 0.25) is 0 Å². The van der Waals surface area contributed by atoms with Gasteiger partial charge in [-0.05, 0) is 30.3 Å². The third-order valence-corrected chi connectivity index (χ3v) is 2.60. The first kappa shape index (κ1) is 17.0. The number of benzene rings is 2. The van der Waals surface area contributed by atoms with Crippen molar-refractivity contribution >= 4 is 11.9 Å². The number of phenols is 1. The molecule has 0 aliphatic rings. The van der Waals surface area contributed by atoms with Crippen LogP contribution in [-0.4, -0.2) is 36.4 Å². The standard InChI is InChI=1S/2C8H8O3/c1-11-8(10)6-3-2-4-7(9)5-6;1-11-7-5-3-2-4-6(7)8(9)10/h2-5,9H,1H3;2-5H,1H3,(H,9,10). The maximum atomic E-state index is 10.8. The molecule has 22 heavy (non-hydrogen) atoms. The Balaban J connectivity index is 0.000000220. The first-order valence-electron chi connectivity index (χ1n) is 6.23. The fraction of sp³-hybridized carbons (Fsp3) is 0.125. The van der Waals surface area contributed by atoms with Crippen molar-refractivity contribution in [3.05, 3.63) is 59.7 Å². The molecule has 2 aromatic rings. The van der Waals surface area contributed by atoms with Crippen LogP contribution in [0.3, 0.4) is 0 Å². The van der Waals surface area contributed by atoms with Gasteiger partial charge in [0, 0.05) is 0 Å². The van der Waals surface area contributed by atoms with Crippen LogP contribution in [0.4, 0.5) is 0 Å². The molecule has 0 saturated carbocycles. The highest BCUT2D eigenvalue weighted by Gasteiger charge is 2.07. The number of para-hydroxylation sites is 1. The van der Waals surface area contributed by atoms with Crippen LogP contribution in [0.5, 0.6) is 11.5 Å². The predicted molar refractivity (Wildman–Crippen MR) is 79.4 cm³/mol. The Hall–Kier alpha value is -3.02. The summed E-state index contributed by atoms with van der Waals surface area (Å²) in [5.74, 6) is -0.962. The lowest BCUT2D eigenvalue weighted by molar-refractivity contribution is 0.0599. The SMILES string of the molecule is COC(=O)c1cccc(O)c1.COc1ccccc1C(=O)O. The lowest BCUT2D eigenvalue weighted by Crippen LogP contribution is -1.99. The second-order valence-corrected chi connectivity index (χ2v) is 4.05. The number of carboxylic acids is 1. The first-order chi connectivity index (χ1) is 10.5. The molecule has 0 aromatic heterocycles. The van der Waals surface area contributed by atoms with Crippen molar-refractivity contribution in [1.82, 2.24) is 0 Å². The van der Waals surface area contributed by atoms with Crippen LogP contribution in [0.1, 0.15) is 20.7 Å². The molecule has 6 nitrogen and oxygen atoms in total. The van der Waals surface area contributed by atoms with E-state index in [0.29, 0.717) is 11.3 Å². The molecule has 0 aliphatic heterocycles. The van der Waals surface area contributed by atoms with E-state index in [1.54, 1.807) is 30.3 Å². The van der Waals surface area contributed by atoms with Crippen LogP contribution in [-0.2, 0) is 4.74 Å². The third-order valence-electron chi connectivity index (χ3n) is 2.60. The van der Waals surface area contributed by atoms with Gasteiger partial charge in [0.1, 0.15) is 17.1 Å². The Morgan fingerprint density at radius 2 is 1.68 bits per heavy atom. The molecule has 0 spiro atoms. The van der Waals surface area contributed by atoms with Gasteiger partial charge in [-0.3, -0.25) is 0 Å². The zero-order valence-corrected chi connectivity index (χ0v) is 12.1. The molecule has 0 radical (unpaired) electrons. The first-order valence-corrected chi connectivity index (χ1v) is 6.23. The number of methoxy groups -OCH3 is 2. The summed E-state index contributed by atoms with van der Waals surface area (Å²) in [6.07, 6.45) is 0. The molecule has 0 heterocycles. The molecule has 2 rings (SSSR count). The number of aromatic carboxylic acids is 1. The van der Waals surface area contributed by atoms with Gasteiger partial charge in [-0.25, -0.2) is 9.59 Å². The minimum absolute atomic E-state index is 0.0629. The number of hydrogen-bond donors (Lipinski definition) is 2. The summed E-state index contributed by atoms with van der Waals surface area (Å²) in [5, 5.41) is 17.6. The molecule has 0 amide bonds. The fourth-order valence-electron chi connectivity index (χ4n) is 1.57. The maximum Gasteiger partial charge on any atom is 0.339 e. The quantitative estimate of drug-likeness (QED) is 0.847. The van der Waals surface area contributed by atoms with E-state index in [-0.39, 0.29) is 11.3 Å². The van der Waals surface area contributed by atoms with Crippen LogP contribution >= 0.6 is 0 Å². The van der Waals surface area contributed by atoms with Crippen molar-refractivity contribution in [3.63, 3.8) is 0 Å². The zero-order chi connectivity index (χ0) is 16.5. The maximum absolute atomic E-state index is 10.8. The van der Waals surface area contributed by atoms with Gasteiger partial charge in [-0.15, -0.1) is 0 Å². The van der Waals surface area contributed by atoms with Gasteiger partial charge in [0.05, 0.1) is 19.8 Å². The van der Waals surface area contributed by atoms with E-state index in [4.69, 9.17) is 14.9 Å². The van der Waals surface area contributed by atoms with Crippen LogP contribution in [0, 0.1) is 0 Å². The van der Waals surface area contributed by atoms with Gasteiger partial charge in [-0.2, -0.15) is 0 Å². The van der Waals surface area contributed by atoms with E-state index in [1.165, 1.54) is 32.4 Å². The average Bonchev–Trinajstić information content (AvgIpc) is 2.54. The van der Waals surface area contributed by atoms with Gasteiger partial charge < -0.3 is 19.7 Å². The summed E-state index contributed by atoms with van der Waals surface area (Å²) >= 11 is 0. The molecule has 0 unspecified atom stereocenters. The second-order valence-electron chi connectivity index (χ2n) is 4.05. The van der Waals surface area contributed by atoms with Gasteiger partial charge >= 0.3 is 11.9 Å². The summed E-state index contributed by atoms with van der Waals surface area (Å²) in [5.41, 5.74) is 0.544. The Kier molecular flexibility index (Phi) is 6.43. The molecule has 0 saturated heterocycles.